The summed E-state index contributed by atoms with van der Waals surface area (Å²) in [5.41, 5.74) is -0.127. The van der Waals surface area contributed by atoms with Gasteiger partial charge in [-0.1, -0.05) is 23.7 Å². The highest BCUT2D eigenvalue weighted by atomic mass is 35.5. The zero-order chi connectivity index (χ0) is 11.6. The summed E-state index contributed by atoms with van der Waals surface area (Å²) in [6, 6.07) is 4.08. The minimum atomic E-state index is -2.01. The smallest absolute Gasteiger partial charge is 0.335 e. The molecule has 0 aliphatic carbocycles. The van der Waals surface area contributed by atoms with Gasteiger partial charge in [-0.25, -0.2) is 4.79 Å². The van der Waals surface area contributed by atoms with Crippen molar-refractivity contribution in [1.29, 1.82) is 0 Å². The van der Waals surface area contributed by atoms with Gasteiger partial charge in [0, 0.05) is 5.56 Å². The lowest BCUT2D eigenvalue weighted by Crippen LogP contribution is -2.27. The number of hydrogen-bond acceptors (Lipinski definition) is 4. The minimum absolute atomic E-state index is 0.0239. The van der Waals surface area contributed by atoms with E-state index in [1.54, 1.807) is 0 Å². The molecule has 82 valence electrons. The first kappa shape index (κ1) is 11.8. The Labute approximate surface area is 90.2 Å². The summed E-state index contributed by atoms with van der Waals surface area (Å²) < 4.78 is 0. The van der Waals surface area contributed by atoms with Gasteiger partial charge in [-0.05, 0) is 6.07 Å². The van der Waals surface area contributed by atoms with Gasteiger partial charge in [0.25, 0.3) is 0 Å². The van der Waals surface area contributed by atoms with Crippen LogP contribution in [0.25, 0.3) is 0 Å². The molecule has 0 saturated heterocycles. The van der Waals surface area contributed by atoms with Gasteiger partial charge in [-0.3, -0.25) is 0 Å². The van der Waals surface area contributed by atoms with Crippen LogP contribution >= 0.6 is 11.6 Å². The zero-order valence-corrected chi connectivity index (χ0v) is 8.22. The lowest BCUT2D eigenvalue weighted by atomic mass is 10.0. The van der Waals surface area contributed by atoms with Crippen LogP contribution < -0.4 is 0 Å². The summed E-state index contributed by atoms with van der Waals surface area (Å²) in [6.07, 6.45) is -3.73. The van der Waals surface area contributed by atoms with Gasteiger partial charge in [0.05, 0.1) is 5.02 Å². The van der Waals surface area contributed by atoms with Crippen LogP contribution in [-0.2, 0) is 4.79 Å². The second-order valence-electron chi connectivity index (χ2n) is 2.91. The molecule has 0 radical (unpaired) electrons. The van der Waals surface area contributed by atoms with Crippen LogP contribution in [0.4, 0.5) is 0 Å². The van der Waals surface area contributed by atoms with E-state index in [1.165, 1.54) is 18.2 Å². The molecule has 0 aromatic heterocycles. The molecule has 4 N–H and O–H groups in total. The van der Waals surface area contributed by atoms with E-state index in [1.807, 2.05) is 0 Å². The van der Waals surface area contributed by atoms with Gasteiger partial charge in [0.2, 0.25) is 0 Å². The summed E-state index contributed by atoms with van der Waals surface area (Å²) in [6.45, 7) is 0. The first-order chi connectivity index (χ1) is 6.95. The highest BCUT2D eigenvalue weighted by Crippen LogP contribution is 2.32. The molecule has 0 heterocycles. The molecule has 0 bridgehead atoms. The maximum Gasteiger partial charge on any atom is 0.335 e. The van der Waals surface area contributed by atoms with Crippen molar-refractivity contribution in [2.75, 3.05) is 0 Å². The Morgan fingerprint density at radius 1 is 1.33 bits per heavy atom. The topological polar surface area (TPSA) is 98.0 Å². The predicted octanol–water partition coefficient (Wildman–Crippen LogP) is 0.524. The summed E-state index contributed by atoms with van der Waals surface area (Å²) in [5, 5.41) is 36.3. The van der Waals surface area contributed by atoms with Crippen LogP contribution in [0.15, 0.2) is 18.2 Å². The molecule has 15 heavy (non-hydrogen) atoms. The second kappa shape index (κ2) is 4.48. The largest absolute Gasteiger partial charge is 0.506 e. The normalized spacial score (nSPS) is 14.6. The Morgan fingerprint density at radius 3 is 2.47 bits per heavy atom. The van der Waals surface area contributed by atoms with Gasteiger partial charge in [-0.15, -0.1) is 0 Å². The Hall–Kier alpha value is -1.30. The number of aliphatic hydroxyl groups excluding tert-OH is 2. The monoisotopic (exact) mass is 232 g/mol. The zero-order valence-electron chi connectivity index (χ0n) is 7.46. The van der Waals surface area contributed by atoms with Crippen molar-refractivity contribution in [3.8, 4) is 5.75 Å². The summed E-state index contributed by atoms with van der Waals surface area (Å²) in [4.78, 5) is 10.4. The quantitative estimate of drug-likeness (QED) is 0.609. The van der Waals surface area contributed by atoms with Gasteiger partial charge in [0.15, 0.2) is 6.10 Å². The Morgan fingerprint density at radius 2 is 1.93 bits per heavy atom. The molecule has 1 aromatic carbocycles. The summed E-state index contributed by atoms with van der Waals surface area (Å²) in [7, 11) is 0. The molecule has 0 fully saturated rings. The molecule has 0 aliphatic rings. The number of phenolic OH excluding ortho intramolecular Hbond substituents is 1. The minimum Gasteiger partial charge on any atom is -0.506 e. The van der Waals surface area contributed by atoms with Crippen LogP contribution in [-0.4, -0.2) is 32.5 Å². The number of carboxylic acid groups (broad SMARTS) is 1. The van der Waals surface area contributed by atoms with Crippen molar-refractivity contribution < 1.29 is 25.2 Å². The van der Waals surface area contributed by atoms with E-state index < -0.39 is 23.9 Å². The molecule has 5 nitrogen and oxygen atoms in total. The van der Waals surface area contributed by atoms with Crippen molar-refractivity contribution in [2.24, 2.45) is 0 Å². The van der Waals surface area contributed by atoms with Gasteiger partial charge in [-0.2, -0.15) is 0 Å². The second-order valence-corrected chi connectivity index (χ2v) is 3.31. The van der Waals surface area contributed by atoms with Crippen LogP contribution in [0.5, 0.6) is 5.75 Å². The molecular weight excluding hydrogens is 224 g/mol. The molecule has 0 aliphatic heterocycles. The third-order valence-electron chi connectivity index (χ3n) is 1.89. The van der Waals surface area contributed by atoms with E-state index in [0.29, 0.717) is 0 Å². The van der Waals surface area contributed by atoms with Gasteiger partial charge >= 0.3 is 5.97 Å². The molecule has 2 atom stereocenters. The third-order valence-corrected chi connectivity index (χ3v) is 2.19. The molecular formula is C9H9ClO5. The van der Waals surface area contributed by atoms with Crippen molar-refractivity contribution in [3.05, 3.63) is 28.8 Å². The average molecular weight is 233 g/mol. The Balaban J connectivity index is 3.06. The standard InChI is InChI=1S/C9H9ClO5/c10-5-3-1-2-4(6(5)11)7(12)8(13)9(14)15/h1-3,7-8,11-13H,(H,14,15). The number of para-hydroxylation sites is 1. The van der Waals surface area contributed by atoms with E-state index in [4.69, 9.17) is 21.8 Å². The van der Waals surface area contributed by atoms with Crippen molar-refractivity contribution in [2.45, 2.75) is 12.2 Å². The van der Waals surface area contributed by atoms with E-state index in [-0.39, 0.29) is 10.6 Å². The number of aromatic hydroxyl groups is 1. The fraction of sp³-hybridized carbons (Fsp3) is 0.222. The van der Waals surface area contributed by atoms with Crippen LogP contribution in [0.3, 0.4) is 0 Å². The lowest BCUT2D eigenvalue weighted by Gasteiger charge is -2.15. The molecule has 2 unspecified atom stereocenters. The molecule has 0 saturated carbocycles. The van der Waals surface area contributed by atoms with Crippen molar-refractivity contribution in [1.82, 2.24) is 0 Å². The maximum atomic E-state index is 10.4. The lowest BCUT2D eigenvalue weighted by molar-refractivity contribution is -0.153. The number of hydrogen-bond donors (Lipinski definition) is 4. The number of benzene rings is 1. The fourth-order valence-corrected chi connectivity index (χ4v) is 1.26. The molecule has 1 aromatic rings. The number of halogens is 1. The number of aliphatic carboxylic acids is 1. The van der Waals surface area contributed by atoms with Crippen LogP contribution in [0.1, 0.15) is 11.7 Å². The van der Waals surface area contributed by atoms with E-state index in [0.717, 1.165) is 0 Å². The number of carbonyl (C=O) groups is 1. The van der Waals surface area contributed by atoms with Gasteiger partial charge in [0.1, 0.15) is 11.9 Å². The van der Waals surface area contributed by atoms with Crippen molar-refractivity contribution in [3.63, 3.8) is 0 Å². The Bertz CT molecular complexity index is 379. The highest BCUT2D eigenvalue weighted by Gasteiger charge is 2.27. The number of carboxylic acids is 1. The molecule has 6 heteroatoms. The number of aliphatic hydroxyl groups is 2. The predicted molar refractivity (Wildman–Crippen MR) is 51.7 cm³/mol. The third kappa shape index (κ3) is 2.38. The van der Waals surface area contributed by atoms with E-state index in [2.05, 4.69) is 0 Å². The fourth-order valence-electron chi connectivity index (χ4n) is 1.08. The highest BCUT2D eigenvalue weighted by molar-refractivity contribution is 6.32. The van der Waals surface area contributed by atoms with Crippen LogP contribution in [0.2, 0.25) is 5.02 Å². The molecule has 1 rings (SSSR count). The maximum absolute atomic E-state index is 10.4. The van der Waals surface area contributed by atoms with Crippen molar-refractivity contribution >= 4 is 17.6 Å². The van der Waals surface area contributed by atoms with E-state index >= 15 is 0 Å². The molecule has 0 spiro atoms. The number of phenols is 1. The summed E-state index contributed by atoms with van der Waals surface area (Å²) >= 11 is 5.55. The summed E-state index contributed by atoms with van der Waals surface area (Å²) in [5.74, 6) is -2.02. The van der Waals surface area contributed by atoms with E-state index in [9.17, 15) is 15.0 Å². The first-order valence-electron chi connectivity index (χ1n) is 4.01. The first-order valence-corrected chi connectivity index (χ1v) is 4.39. The average Bonchev–Trinajstić information content (AvgIpc) is 2.20. The Kier molecular flexibility index (Phi) is 3.52. The molecule has 0 amide bonds. The van der Waals surface area contributed by atoms with Gasteiger partial charge < -0.3 is 20.4 Å². The van der Waals surface area contributed by atoms with Crippen LogP contribution in [0, 0.1) is 0 Å². The SMILES string of the molecule is O=C(O)C(O)C(O)c1cccc(Cl)c1O. The number of rotatable bonds is 3.